The van der Waals surface area contributed by atoms with Gasteiger partial charge in [0.15, 0.2) is 11.9 Å². The molecular weight excluding hydrogens is 286 g/mol. The average molecular weight is 300 g/mol. The normalized spacial score (nSPS) is 23.3. The van der Waals surface area contributed by atoms with Crippen LogP contribution in [0.5, 0.6) is 5.75 Å². The Kier molecular flexibility index (Phi) is 4.12. The van der Waals surface area contributed by atoms with Crippen LogP contribution in [0.4, 0.5) is 0 Å². The highest BCUT2D eigenvalue weighted by Gasteiger charge is 2.42. The van der Waals surface area contributed by atoms with E-state index in [2.05, 4.69) is 20.9 Å². The molecule has 0 bridgehead atoms. The summed E-state index contributed by atoms with van der Waals surface area (Å²) in [7, 11) is 0. The smallest absolute Gasteiger partial charge is 0.169 e. The maximum Gasteiger partial charge on any atom is 0.169 e. The molecule has 0 aromatic carbocycles. The van der Waals surface area contributed by atoms with Crippen molar-refractivity contribution >= 4 is 21.7 Å². The van der Waals surface area contributed by atoms with Gasteiger partial charge in [-0.25, -0.2) is 0 Å². The van der Waals surface area contributed by atoms with Crippen molar-refractivity contribution in [1.29, 1.82) is 0 Å². The third-order valence-corrected chi connectivity index (χ3v) is 2.96. The van der Waals surface area contributed by atoms with Gasteiger partial charge in [-0.2, -0.15) is 0 Å². The third kappa shape index (κ3) is 3.04. The number of halogens is 1. The van der Waals surface area contributed by atoms with E-state index in [1.165, 1.54) is 0 Å². The zero-order valence-electron chi connectivity index (χ0n) is 9.56. The fourth-order valence-corrected chi connectivity index (χ4v) is 1.99. The van der Waals surface area contributed by atoms with E-state index in [-0.39, 0.29) is 11.9 Å². The van der Waals surface area contributed by atoms with Crippen molar-refractivity contribution in [1.82, 2.24) is 4.98 Å². The van der Waals surface area contributed by atoms with E-state index in [0.717, 1.165) is 10.9 Å². The van der Waals surface area contributed by atoms with Gasteiger partial charge in [0, 0.05) is 23.7 Å². The van der Waals surface area contributed by atoms with Crippen LogP contribution in [0.15, 0.2) is 22.9 Å². The predicted molar refractivity (Wildman–Crippen MR) is 66.0 cm³/mol. The summed E-state index contributed by atoms with van der Waals surface area (Å²) in [6, 6.07) is 1.83. The van der Waals surface area contributed by atoms with Gasteiger partial charge in [-0.05, 0) is 28.4 Å². The molecule has 1 aromatic heterocycles. The second kappa shape index (κ2) is 5.60. The number of rotatable bonds is 5. The van der Waals surface area contributed by atoms with E-state index >= 15 is 0 Å². The van der Waals surface area contributed by atoms with Crippen LogP contribution < -0.4 is 4.74 Å². The third-order valence-electron chi connectivity index (χ3n) is 2.53. The molecule has 0 N–H and O–H groups in total. The molecule has 0 saturated heterocycles. The van der Waals surface area contributed by atoms with E-state index in [9.17, 15) is 4.79 Å². The quantitative estimate of drug-likeness (QED) is 0.837. The second-order valence-electron chi connectivity index (χ2n) is 3.96. The first kappa shape index (κ1) is 12.5. The number of hydrogen-bond donors (Lipinski definition) is 0. The van der Waals surface area contributed by atoms with E-state index in [1.807, 2.05) is 13.0 Å². The minimum absolute atomic E-state index is 0.117. The summed E-state index contributed by atoms with van der Waals surface area (Å²) in [6.07, 6.45) is 4.04. The molecule has 1 heterocycles. The molecule has 0 amide bonds. The van der Waals surface area contributed by atoms with Crippen molar-refractivity contribution < 1.29 is 14.3 Å². The van der Waals surface area contributed by atoms with Crippen LogP contribution in [-0.4, -0.2) is 29.6 Å². The first-order valence-corrected chi connectivity index (χ1v) is 6.41. The van der Waals surface area contributed by atoms with Crippen LogP contribution in [0, 0.1) is 0 Å². The van der Waals surface area contributed by atoms with Gasteiger partial charge < -0.3 is 9.47 Å². The Morgan fingerprint density at radius 3 is 3.00 bits per heavy atom. The highest BCUT2D eigenvalue weighted by molar-refractivity contribution is 9.10. The number of Topliss-reactive ketones (excluding diaryl/α,β-unsaturated/α-hetero) is 1. The number of ketones is 1. The Balaban J connectivity index is 1.93. The summed E-state index contributed by atoms with van der Waals surface area (Å²) in [6.45, 7) is 2.60. The monoisotopic (exact) mass is 299 g/mol. The number of pyridine rings is 1. The molecule has 2 unspecified atom stereocenters. The first-order chi connectivity index (χ1) is 8.20. The lowest BCUT2D eigenvalue weighted by atomic mass is 9.90. The maximum atomic E-state index is 11.4. The summed E-state index contributed by atoms with van der Waals surface area (Å²) >= 11 is 3.32. The Morgan fingerprint density at radius 1 is 1.53 bits per heavy atom. The fourth-order valence-electron chi connectivity index (χ4n) is 1.65. The van der Waals surface area contributed by atoms with Crippen LogP contribution in [0.3, 0.4) is 0 Å². The molecule has 4 nitrogen and oxygen atoms in total. The van der Waals surface area contributed by atoms with Crippen LogP contribution >= 0.6 is 15.9 Å². The molecule has 1 fully saturated rings. The van der Waals surface area contributed by atoms with Gasteiger partial charge in [0.2, 0.25) is 0 Å². The lowest BCUT2D eigenvalue weighted by molar-refractivity contribution is -0.154. The zero-order valence-corrected chi connectivity index (χ0v) is 11.1. The van der Waals surface area contributed by atoms with Crippen molar-refractivity contribution in [2.75, 3.05) is 6.61 Å². The molecule has 1 aliphatic carbocycles. The summed E-state index contributed by atoms with van der Waals surface area (Å²) in [4.78, 5) is 15.4. The minimum Gasteiger partial charge on any atom is -0.485 e. The van der Waals surface area contributed by atoms with Crippen LogP contribution in [0.2, 0.25) is 0 Å². The molecule has 0 spiro atoms. The number of ether oxygens (including phenoxy) is 2. The van der Waals surface area contributed by atoms with E-state index in [4.69, 9.17) is 9.47 Å². The Bertz CT molecular complexity index is 410. The molecule has 2 atom stereocenters. The number of nitrogens with zero attached hydrogens (tertiary/aromatic N) is 1. The molecule has 5 heteroatoms. The van der Waals surface area contributed by atoms with Crippen molar-refractivity contribution in [2.45, 2.75) is 32.0 Å². The van der Waals surface area contributed by atoms with Gasteiger partial charge in [0.05, 0.1) is 6.20 Å². The minimum atomic E-state index is -0.408. The van der Waals surface area contributed by atoms with Gasteiger partial charge >= 0.3 is 0 Å². The average Bonchev–Trinajstić information content (AvgIpc) is 2.29. The van der Waals surface area contributed by atoms with Crippen LogP contribution in [0.25, 0.3) is 0 Å². The molecular formula is C12H14BrNO3. The number of carbonyl (C=O) groups is 1. The van der Waals surface area contributed by atoms with E-state index in [0.29, 0.717) is 18.8 Å². The van der Waals surface area contributed by atoms with Gasteiger partial charge in [-0.3, -0.25) is 9.78 Å². The van der Waals surface area contributed by atoms with Crippen molar-refractivity contribution in [3.05, 3.63) is 22.9 Å². The largest absolute Gasteiger partial charge is 0.485 e. The summed E-state index contributed by atoms with van der Waals surface area (Å²) in [5.41, 5.74) is 0. The van der Waals surface area contributed by atoms with Crippen LogP contribution in [-0.2, 0) is 9.53 Å². The topological polar surface area (TPSA) is 48.4 Å². The van der Waals surface area contributed by atoms with E-state index < -0.39 is 6.10 Å². The lowest BCUT2D eigenvalue weighted by Crippen LogP contribution is -2.52. The van der Waals surface area contributed by atoms with Gasteiger partial charge in [0.25, 0.3) is 0 Å². The SMILES string of the molecule is CCCOC1C(=O)CC1Oc1cncc(Br)c1. The summed E-state index contributed by atoms with van der Waals surface area (Å²) in [5, 5.41) is 0. The Labute approximate surface area is 108 Å². The van der Waals surface area contributed by atoms with E-state index in [1.54, 1.807) is 12.4 Å². The summed E-state index contributed by atoms with van der Waals surface area (Å²) in [5.74, 6) is 0.772. The molecule has 0 radical (unpaired) electrons. The summed E-state index contributed by atoms with van der Waals surface area (Å²) < 4.78 is 12.0. The molecule has 92 valence electrons. The second-order valence-corrected chi connectivity index (χ2v) is 4.87. The maximum absolute atomic E-state index is 11.4. The number of hydrogen-bond acceptors (Lipinski definition) is 4. The van der Waals surface area contributed by atoms with Gasteiger partial charge in [-0.1, -0.05) is 6.92 Å². The van der Waals surface area contributed by atoms with Crippen molar-refractivity contribution in [3.63, 3.8) is 0 Å². The van der Waals surface area contributed by atoms with Crippen molar-refractivity contribution in [2.24, 2.45) is 0 Å². The first-order valence-electron chi connectivity index (χ1n) is 5.62. The molecule has 17 heavy (non-hydrogen) atoms. The molecule has 1 aromatic rings. The molecule has 2 rings (SSSR count). The molecule has 1 aliphatic rings. The molecule has 1 saturated carbocycles. The van der Waals surface area contributed by atoms with Gasteiger partial charge in [0.1, 0.15) is 11.9 Å². The van der Waals surface area contributed by atoms with Crippen LogP contribution in [0.1, 0.15) is 19.8 Å². The lowest BCUT2D eigenvalue weighted by Gasteiger charge is -2.34. The fraction of sp³-hybridized carbons (Fsp3) is 0.500. The standard InChI is InChI=1S/C12H14BrNO3/c1-2-3-16-12-10(15)5-11(12)17-9-4-8(13)6-14-7-9/h4,6-7,11-12H,2-3,5H2,1H3. The molecule has 0 aliphatic heterocycles. The number of carbonyl (C=O) groups excluding carboxylic acids is 1. The Hall–Kier alpha value is -0.940. The highest BCUT2D eigenvalue weighted by atomic mass is 79.9. The van der Waals surface area contributed by atoms with Crippen molar-refractivity contribution in [3.8, 4) is 5.75 Å². The number of aromatic nitrogens is 1. The predicted octanol–water partition coefficient (Wildman–Crippen LogP) is 2.36. The van der Waals surface area contributed by atoms with Gasteiger partial charge in [-0.15, -0.1) is 0 Å². The highest BCUT2D eigenvalue weighted by Crippen LogP contribution is 2.26. The Morgan fingerprint density at radius 2 is 2.35 bits per heavy atom. The zero-order chi connectivity index (χ0) is 12.3.